The monoisotopic (exact) mass is 262 g/mol. The molecule has 0 spiro atoms. The average molecular weight is 263 g/mol. The third-order valence-electron chi connectivity index (χ3n) is 1.47. The molecule has 0 aromatic carbocycles. The van der Waals surface area contributed by atoms with E-state index in [9.17, 15) is 18.0 Å². The standard InChI is InChI=1S/C7H10BrF3O2/c1-3-13-6(12)5(8)4(2)7(9,10)11/h4-5H,3H2,1-2H3/t4-,5+/m0/s1. The maximum absolute atomic E-state index is 12.1. The summed E-state index contributed by atoms with van der Waals surface area (Å²) < 4.78 is 40.6. The number of halogens is 4. The summed E-state index contributed by atoms with van der Waals surface area (Å²) in [7, 11) is 0. The molecule has 0 rings (SSSR count). The molecule has 0 aromatic heterocycles. The van der Waals surface area contributed by atoms with E-state index in [1.165, 1.54) is 6.92 Å². The first-order valence-electron chi connectivity index (χ1n) is 3.68. The molecule has 0 aliphatic carbocycles. The van der Waals surface area contributed by atoms with Crippen LogP contribution in [0, 0.1) is 5.92 Å². The summed E-state index contributed by atoms with van der Waals surface area (Å²) >= 11 is 2.65. The highest BCUT2D eigenvalue weighted by Gasteiger charge is 2.43. The molecular weight excluding hydrogens is 253 g/mol. The van der Waals surface area contributed by atoms with Crippen molar-refractivity contribution in [3.05, 3.63) is 0 Å². The predicted octanol–water partition coefficient (Wildman–Crippen LogP) is 2.51. The van der Waals surface area contributed by atoms with Gasteiger partial charge in [0.25, 0.3) is 0 Å². The summed E-state index contributed by atoms with van der Waals surface area (Å²) in [5, 5.41) is 0. The van der Waals surface area contributed by atoms with E-state index in [0.717, 1.165) is 6.92 Å². The van der Waals surface area contributed by atoms with Gasteiger partial charge in [0.1, 0.15) is 4.83 Å². The Hall–Kier alpha value is -0.260. The Morgan fingerprint density at radius 1 is 1.54 bits per heavy atom. The summed E-state index contributed by atoms with van der Waals surface area (Å²) in [6.45, 7) is 2.54. The van der Waals surface area contributed by atoms with Crippen LogP contribution in [0.5, 0.6) is 0 Å². The van der Waals surface area contributed by atoms with Gasteiger partial charge in [-0.2, -0.15) is 13.2 Å². The van der Waals surface area contributed by atoms with Crippen molar-refractivity contribution in [3.63, 3.8) is 0 Å². The van der Waals surface area contributed by atoms with Gasteiger partial charge in [-0.3, -0.25) is 4.79 Å². The first kappa shape index (κ1) is 12.7. The molecule has 2 nitrogen and oxygen atoms in total. The molecule has 0 aliphatic heterocycles. The van der Waals surface area contributed by atoms with Crippen LogP contribution in [0.3, 0.4) is 0 Å². The Morgan fingerprint density at radius 3 is 2.31 bits per heavy atom. The Kier molecular flexibility index (Phi) is 4.74. The van der Waals surface area contributed by atoms with Gasteiger partial charge < -0.3 is 4.74 Å². The molecule has 0 aromatic rings. The number of carbonyl (C=O) groups is 1. The lowest BCUT2D eigenvalue weighted by Gasteiger charge is -2.19. The lowest BCUT2D eigenvalue weighted by Crippen LogP contribution is -2.34. The molecule has 0 aliphatic rings. The van der Waals surface area contributed by atoms with Crippen molar-refractivity contribution < 1.29 is 22.7 Å². The van der Waals surface area contributed by atoms with Crippen LogP contribution in [0.15, 0.2) is 0 Å². The second-order valence-electron chi connectivity index (χ2n) is 2.48. The Balaban J connectivity index is 4.25. The van der Waals surface area contributed by atoms with E-state index in [2.05, 4.69) is 20.7 Å². The molecule has 0 fully saturated rings. The third-order valence-corrected chi connectivity index (χ3v) is 2.63. The molecule has 0 bridgehead atoms. The molecular formula is C7H10BrF3O2. The average Bonchev–Trinajstić information content (AvgIpc) is 2.00. The van der Waals surface area contributed by atoms with Crippen LogP contribution in [0.1, 0.15) is 13.8 Å². The van der Waals surface area contributed by atoms with E-state index in [1.54, 1.807) is 0 Å². The second kappa shape index (κ2) is 4.83. The molecule has 0 radical (unpaired) electrons. The minimum Gasteiger partial charge on any atom is -0.465 e. The van der Waals surface area contributed by atoms with Crippen LogP contribution in [0.4, 0.5) is 13.2 Å². The van der Waals surface area contributed by atoms with Crippen molar-refractivity contribution in [1.29, 1.82) is 0 Å². The predicted molar refractivity (Wildman–Crippen MR) is 44.6 cm³/mol. The Labute approximate surface area is 82.6 Å². The number of esters is 1. The molecule has 2 atom stereocenters. The van der Waals surface area contributed by atoms with Gasteiger partial charge in [0.2, 0.25) is 0 Å². The molecule has 0 unspecified atom stereocenters. The van der Waals surface area contributed by atoms with Crippen LogP contribution in [-0.4, -0.2) is 23.6 Å². The highest BCUT2D eigenvalue weighted by molar-refractivity contribution is 9.10. The second-order valence-corrected chi connectivity index (χ2v) is 3.47. The van der Waals surface area contributed by atoms with Gasteiger partial charge in [-0.05, 0) is 6.92 Å². The minimum absolute atomic E-state index is 0.0749. The lowest BCUT2D eigenvalue weighted by molar-refractivity contribution is -0.177. The first-order valence-corrected chi connectivity index (χ1v) is 4.59. The van der Waals surface area contributed by atoms with Crippen molar-refractivity contribution >= 4 is 21.9 Å². The van der Waals surface area contributed by atoms with Crippen LogP contribution in [-0.2, 0) is 9.53 Å². The van der Waals surface area contributed by atoms with Crippen LogP contribution in [0.25, 0.3) is 0 Å². The zero-order chi connectivity index (χ0) is 10.6. The number of alkyl halides is 4. The van der Waals surface area contributed by atoms with Crippen LogP contribution in [0.2, 0.25) is 0 Å². The van der Waals surface area contributed by atoms with Gasteiger partial charge in [0, 0.05) is 0 Å². The van der Waals surface area contributed by atoms with Crippen LogP contribution >= 0.6 is 15.9 Å². The van der Waals surface area contributed by atoms with E-state index in [4.69, 9.17) is 0 Å². The molecule has 0 heterocycles. The SMILES string of the molecule is CCOC(=O)[C@H](Br)[C@H](C)C(F)(F)F. The zero-order valence-corrected chi connectivity index (χ0v) is 8.78. The highest BCUT2D eigenvalue weighted by Crippen LogP contribution is 2.32. The fourth-order valence-electron chi connectivity index (χ4n) is 0.592. The summed E-state index contributed by atoms with van der Waals surface area (Å²) in [6.07, 6.45) is -4.39. The van der Waals surface area contributed by atoms with Crippen molar-refractivity contribution in [1.82, 2.24) is 0 Å². The normalized spacial score (nSPS) is 16.5. The highest BCUT2D eigenvalue weighted by atomic mass is 79.9. The van der Waals surface area contributed by atoms with Gasteiger partial charge in [-0.15, -0.1) is 0 Å². The molecule has 0 N–H and O–H groups in total. The summed E-state index contributed by atoms with van der Waals surface area (Å²) in [5.41, 5.74) is 0. The smallest absolute Gasteiger partial charge is 0.393 e. The molecule has 0 saturated heterocycles. The lowest BCUT2D eigenvalue weighted by atomic mass is 10.1. The molecule has 78 valence electrons. The number of ether oxygens (including phenoxy) is 1. The van der Waals surface area contributed by atoms with E-state index >= 15 is 0 Å². The molecule has 0 saturated carbocycles. The fourth-order valence-corrected chi connectivity index (χ4v) is 1.02. The van der Waals surface area contributed by atoms with Gasteiger partial charge in [0.05, 0.1) is 12.5 Å². The molecule has 6 heteroatoms. The quantitative estimate of drug-likeness (QED) is 0.577. The van der Waals surface area contributed by atoms with Gasteiger partial charge in [0.15, 0.2) is 0 Å². The summed E-state index contributed by atoms with van der Waals surface area (Å²) in [5.74, 6) is -2.63. The number of rotatable bonds is 3. The summed E-state index contributed by atoms with van der Waals surface area (Å²) in [4.78, 5) is 9.54. The van der Waals surface area contributed by atoms with Crippen LogP contribution < -0.4 is 0 Å². The maximum atomic E-state index is 12.1. The van der Waals surface area contributed by atoms with Gasteiger partial charge >= 0.3 is 12.1 Å². The number of hydrogen-bond donors (Lipinski definition) is 0. The Bertz CT molecular complexity index is 181. The van der Waals surface area contributed by atoms with Crippen molar-refractivity contribution in [2.45, 2.75) is 24.9 Å². The largest absolute Gasteiger partial charge is 0.465 e. The Morgan fingerprint density at radius 2 is 2.00 bits per heavy atom. The number of hydrogen-bond acceptors (Lipinski definition) is 2. The third kappa shape index (κ3) is 3.97. The van der Waals surface area contributed by atoms with E-state index in [1.807, 2.05) is 0 Å². The maximum Gasteiger partial charge on any atom is 0.393 e. The molecule has 0 amide bonds. The molecule has 13 heavy (non-hydrogen) atoms. The summed E-state index contributed by atoms with van der Waals surface area (Å²) in [6, 6.07) is 0. The van der Waals surface area contributed by atoms with Gasteiger partial charge in [-0.25, -0.2) is 0 Å². The number of carbonyl (C=O) groups excluding carboxylic acids is 1. The first-order chi connectivity index (χ1) is 5.80. The minimum atomic E-state index is -4.39. The topological polar surface area (TPSA) is 26.3 Å². The van der Waals surface area contributed by atoms with E-state index in [0.29, 0.717) is 0 Å². The van der Waals surface area contributed by atoms with Crippen molar-refractivity contribution in [3.8, 4) is 0 Å². The van der Waals surface area contributed by atoms with Gasteiger partial charge in [-0.1, -0.05) is 22.9 Å². The fraction of sp³-hybridized carbons (Fsp3) is 0.857. The van der Waals surface area contributed by atoms with E-state index in [-0.39, 0.29) is 6.61 Å². The van der Waals surface area contributed by atoms with Crippen molar-refractivity contribution in [2.75, 3.05) is 6.61 Å². The van der Waals surface area contributed by atoms with Crippen molar-refractivity contribution in [2.24, 2.45) is 5.92 Å². The zero-order valence-electron chi connectivity index (χ0n) is 7.19. The van der Waals surface area contributed by atoms with E-state index < -0.39 is 22.9 Å².